The normalized spacial score (nSPS) is 10.2. The molecule has 0 amide bonds. The second-order valence-electron chi connectivity index (χ2n) is 5.91. The number of aromatic nitrogens is 1. The van der Waals surface area contributed by atoms with Crippen molar-refractivity contribution < 1.29 is 34.4 Å². The lowest BCUT2D eigenvalue weighted by Crippen LogP contribution is -2.22. The fourth-order valence-electron chi connectivity index (χ4n) is 3.00. The summed E-state index contributed by atoms with van der Waals surface area (Å²) in [6.45, 7) is 0.538. The van der Waals surface area contributed by atoms with E-state index in [1.54, 1.807) is 12.1 Å². The lowest BCUT2D eigenvalue weighted by atomic mass is 9.92. The van der Waals surface area contributed by atoms with Gasteiger partial charge in [0.25, 0.3) is 0 Å². The molecule has 7 N–H and O–H groups in total. The third kappa shape index (κ3) is 5.83. The van der Waals surface area contributed by atoms with Gasteiger partial charge in [0.05, 0.1) is 31.4 Å². The second-order valence-corrected chi connectivity index (χ2v) is 6.70. The number of nitrogens with two attached hydrogens (primary N) is 1. The molecular weight excluding hydrogens is 462 g/mol. The highest BCUT2D eigenvalue weighted by molar-refractivity contribution is 9.10. The number of H-pyrrole nitrogens is 1. The number of halogens is 1. The maximum Gasteiger partial charge on any atom is 0.373 e. The van der Waals surface area contributed by atoms with Crippen LogP contribution < -0.4 is 11.1 Å². The monoisotopic (exact) mass is 485 g/mol. The van der Waals surface area contributed by atoms with Gasteiger partial charge in [-0.3, -0.25) is 0 Å². The third-order valence-electron chi connectivity index (χ3n) is 4.31. The third-order valence-corrected chi connectivity index (χ3v) is 5.11. The van der Waals surface area contributed by atoms with Crippen molar-refractivity contribution >= 4 is 28.1 Å². The van der Waals surface area contributed by atoms with Crippen molar-refractivity contribution in [1.29, 1.82) is 0 Å². The molecule has 2 rings (SSSR count). The number of aliphatic hydroxyl groups excluding tert-OH is 3. The number of hydrogen-bond donors (Lipinski definition) is 6. The molecule has 30 heavy (non-hydrogen) atoms. The Bertz CT molecular complexity index is 893. The molecule has 0 aliphatic rings. The molecule has 0 bridgehead atoms. The number of benzene rings is 1. The molecule has 10 nitrogen and oxygen atoms in total. The van der Waals surface area contributed by atoms with E-state index < -0.39 is 5.97 Å². The summed E-state index contributed by atoms with van der Waals surface area (Å²) in [5, 5.41) is 32.3. The van der Waals surface area contributed by atoms with Gasteiger partial charge in [-0.15, -0.1) is 0 Å². The number of carbonyl (C=O) groups excluding carboxylic acids is 3. The number of hydrogen-bond acceptors (Lipinski definition) is 9. The second kappa shape index (κ2) is 13.0. The Balaban J connectivity index is 0.00000141. The first-order valence-electron chi connectivity index (χ1n) is 8.80. The molecule has 1 heterocycles. The molecule has 0 aliphatic heterocycles. The number of aromatic amines is 1. The lowest BCUT2D eigenvalue weighted by Gasteiger charge is -2.16. The average Bonchev–Trinajstić information content (AvgIpc) is 3.08. The van der Waals surface area contributed by atoms with Crippen molar-refractivity contribution in [2.75, 3.05) is 20.2 Å². The van der Waals surface area contributed by atoms with Gasteiger partial charge in [0.2, 0.25) is 0 Å². The summed E-state index contributed by atoms with van der Waals surface area (Å²) >= 11 is 3.46. The summed E-state index contributed by atoms with van der Waals surface area (Å²) in [5.41, 5.74) is 9.26. The van der Waals surface area contributed by atoms with Gasteiger partial charge in [-0.25, -0.2) is 4.79 Å². The number of carbonyl (C=O) groups is 1. The minimum Gasteiger partial charge on any atom is -0.464 e. The molecule has 0 aliphatic carbocycles. The molecule has 11 heteroatoms. The van der Waals surface area contributed by atoms with E-state index in [-0.39, 0.29) is 31.7 Å². The topological polar surface area (TPSA) is 175 Å². The van der Waals surface area contributed by atoms with Crippen molar-refractivity contribution in [3.8, 4) is 11.1 Å². The van der Waals surface area contributed by atoms with Gasteiger partial charge in [-0.2, -0.15) is 9.59 Å². The van der Waals surface area contributed by atoms with E-state index in [0.717, 1.165) is 0 Å². The average molecular weight is 486 g/mol. The smallest absolute Gasteiger partial charge is 0.373 e. The summed E-state index contributed by atoms with van der Waals surface area (Å²) in [6.07, 6.45) is 0.250. The van der Waals surface area contributed by atoms with E-state index in [0.29, 0.717) is 57.6 Å². The maximum absolute atomic E-state index is 12.1. The summed E-state index contributed by atoms with van der Waals surface area (Å²) in [4.78, 5) is 31.4. The first kappa shape index (κ1) is 25.7. The Labute approximate surface area is 181 Å². The van der Waals surface area contributed by atoms with Crippen LogP contribution in [0.4, 0.5) is 0 Å². The Morgan fingerprint density at radius 3 is 2.33 bits per heavy atom. The predicted octanol–water partition coefficient (Wildman–Crippen LogP) is 0.173. The van der Waals surface area contributed by atoms with Crippen molar-refractivity contribution in [3.63, 3.8) is 0 Å². The number of ether oxygens (including phenoxy) is 1. The molecule has 0 saturated heterocycles. The summed E-state index contributed by atoms with van der Waals surface area (Å²) in [7, 11) is 1.29. The van der Waals surface area contributed by atoms with E-state index in [9.17, 15) is 20.1 Å². The van der Waals surface area contributed by atoms with Crippen LogP contribution in [0.15, 0.2) is 16.6 Å². The van der Waals surface area contributed by atoms with Crippen LogP contribution in [-0.2, 0) is 40.7 Å². The molecule has 2 aromatic rings. The fraction of sp³-hybridized carbons (Fsp3) is 0.368. The largest absolute Gasteiger partial charge is 0.464 e. The van der Waals surface area contributed by atoms with E-state index in [4.69, 9.17) is 20.1 Å². The quantitative estimate of drug-likeness (QED) is 0.213. The molecular formula is C19H24BrN3O7. The molecule has 1 aromatic heterocycles. The van der Waals surface area contributed by atoms with Crippen LogP contribution in [0.25, 0.3) is 11.1 Å². The first-order chi connectivity index (χ1) is 14.4. The van der Waals surface area contributed by atoms with Crippen LogP contribution >= 0.6 is 15.9 Å². The van der Waals surface area contributed by atoms with Gasteiger partial charge in [0, 0.05) is 30.9 Å². The van der Waals surface area contributed by atoms with Crippen LogP contribution in [0.5, 0.6) is 0 Å². The number of methoxy groups -OCH3 is 1. The van der Waals surface area contributed by atoms with Gasteiger partial charge in [-0.1, -0.05) is 12.1 Å². The van der Waals surface area contributed by atoms with Gasteiger partial charge in [0.1, 0.15) is 5.69 Å². The van der Waals surface area contributed by atoms with Crippen molar-refractivity contribution in [1.82, 2.24) is 10.3 Å². The molecule has 1 aromatic carbocycles. The molecule has 0 unspecified atom stereocenters. The van der Waals surface area contributed by atoms with Crippen molar-refractivity contribution in [2.45, 2.75) is 26.4 Å². The van der Waals surface area contributed by atoms with Crippen LogP contribution in [-0.4, -0.2) is 52.6 Å². The standard InChI is InChI=1S/C18H24BrN3O5.CO2/c1-27-18(26)17-16(19)15(14(22-17)6-21-5-4-20)11-3-2-10(7-23)12(8-24)13(11)9-25;2-1-3/h2-3,21-25H,4-9,20H2,1H3;. The van der Waals surface area contributed by atoms with Crippen LogP contribution in [0, 0.1) is 0 Å². The summed E-state index contributed by atoms with van der Waals surface area (Å²) in [5.74, 6) is -0.534. The maximum atomic E-state index is 12.1. The number of esters is 1. The SMILES string of the molecule is COC(=O)c1[nH]c(CNCCN)c(-c2ccc(CO)c(CO)c2CO)c1Br.O=C=O. The van der Waals surface area contributed by atoms with Crippen molar-refractivity contribution in [3.05, 3.63) is 44.7 Å². The van der Waals surface area contributed by atoms with E-state index >= 15 is 0 Å². The van der Waals surface area contributed by atoms with E-state index in [1.165, 1.54) is 7.11 Å². The minimum absolute atomic E-state index is 0.248. The molecule has 0 spiro atoms. The van der Waals surface area contributed by atoms with E-state index in [2.05, 4.69) is 26.2 Å². The first-order valence-corrected chi connectivity index (χ1v) is 9.60. The molecule has 0 radical (unpaired) electrons. The minimum atomic E-state index is -0.534. The Morgan fingerprint density at radius 2 is 1.83 bits per heavy atom. The summed E-state index contributed by atoms with van der Waals surface area (Å²) < 4.78 is 5.32. The Hall–Kier alpha value is -2.37. The number of aliphatic hydroxyl groups is 3. The zero-order chi connectivity index (χ0) is 22.7. The number of nitrogens with one attached hydrogen (secondary N) is 2. The van der Waals surface area contributed by atoms with Gasteiger partial charge < -0.3 is 36.1 Å². The predicted molar refractivity (Wildman–Crippen MR) is 109 cm³/mol. The molecule has 164 valence electrons. The van der Waals surface area contributed by atoms with Gasteiger partial charge in [-0.05, 0) is 38.2 Å². The van der Waals surface area contributed by atoms with Gasteiger partial charge in [0.15, 0.2) is 0 Å². The van der Waals surface area contributed by atoms with Crippen LogP contribution in [0.3, 0.4) is 0 Å². The lowest BCUT2D eigenvalue weighted by molar-refractivity contribution is -0.191. The van der Waals surface area contributed by atoms with Crippen molar-refractivity contribution in [2.24, 2.45) is 5.73 Å². The Morgan fingerprint density at radius 1 is 1.20 bits per heavy atom. The molecule has 0 fully saturated rings. The molecule has 0 saturated carbocycles. The van der Waals surface area contributed by atoms with Crippen LogP contribution in [0.2, 0.25) is 0 Å². The highest BCUT2D eigenvalue weighted by Crippen LogP contribution is 2.39. The summed E-state index contributed by atoms with van der Waals surface area (Å²) in [6, 6.07) is 3.44. The highest BCUT2D eigenvalue weighted by Gasteiger charge is 2.25. The zero-order valence-electron chi connectivity index (χ0n) is 16.3. The zero-order valence-corrected chi connectivity index (χ0v) is 17.9. The number of rotatable bonds is 9. The van der Waals surface area contributed by atoms with Gasteiger partial charge >= 0.3 is 12.1 Å². The Kier molecular flexibility index (Phi) is 11.2. The molecule has 0 atom stereocenters. The van der Waals surface area contributed by atoms with E-state index in [1.807, 2.05) is 0 Å². The highest BCUT2D eigenvalue weighted by atomic mass is 79.9. The van der Waals surface area contributed by atoms with Crippen LogP contribution in [0.1, 0.15) is 32.9 Å². The fourth-order valence-corrected chi connectivity index (χ4v) is 3.71.